The number of thiophene rings is 1. The van der Waals surface area contributed by atoms with Crippen molar-refractivity contribution in [3.63, 3.8) is 0 Å². The van der Waals surface area contributed by atoms with Crippen LogP contribution < -0.4 is 5.32 Å². The van der Waals surface area contributed by atoms with Gasteiger partial charge in [-0.2, -0.15) is 0 Å². The molecule has 33 heavy (non-hydrogen) atoms. The van der Waals surface area contributed by atoms with Crippen LogP contribution in [-0.4, -0.2) is 78.4 Å². The maximum atomic E-state index is 12.6. The Kier molecular flexibility index (Phi) is 9.98. The van der Waals surface area contributed by atoms with E-state index in [0.29, 0.717) is 23.8 Å². The van der Waals surface area contributed by atoms with Gasteiger partial charge in [-0.3, -0.25) is 9.69 Å². The largest absolute Gasteiger partial charge is 0.473 e. The van der Waals surface area contributed by atoms with E-state index >= 15 is 0 Å². The second-order valence-corrected chi connectivity index (χ2v) is 7.87. The Morgan fingerprint density at radius 1 is 1.09 bits per heavy atom. The number of esters is 1. The zero-order valence-electron chi connectivity index (χ0n) is 18.3. The normalized spacial score (nSPS) is 13.4. The Hall–Kier alpha value is -3.28. The molecule has 0 radical (unpaired) electrons. The van der Waals surface area contributed by atoms with E-state index in [1.54, 1.807) is 6.92 Å². The van der Waals surface area contributed by atoms with Gasteiger partial charge in [-0.25, -0.2) is 14.4 Å². The fourth-order valence-electron chi connectivity index (χ4n) is 2.93. The van der Waals surface area contributed by atoms with Crippen molar-refractivity contribution in [2.75, 3.05) is 44.8 Å². The average molecular weight is 479 g/mol. The number of aryl methyl sites for hydroxylation is 1. The first-order valence-electron chi connectivity index (χ1n) is 10.1. The van der Waals surface area contributed by atoms with E-state index in [-0.39, 0.29) is 19.1 Å². The summed E-state index contributed by atoms with van der Waals surface area (Å²) in [4.78, 5) is 45.3. The van der Waals surface area contributed by atoms with E-state index in [1.165, 1.54) is 11.3 Å². The minimum atomic E-state index is -1.82. The summed E-state index contributed by atoms with van der Waals surface area (Å²) in [6.45, 7) is 7.09. The van der Waals surface area contributed by atoms with Crippen molar-refractivity contribution in [1.82, 2.24) is 4.90 Å². The van der Waals surface area contributed by atoms with Gasteiger partial charge < -0.3 is 25.0 Å². The summed E-state index contributed by atoms with van der Waals surface area (Å²) in [7, 11) is 0. The third kappa shape index (κ3) is 7.97. The van der Waals surface area contributed by atoms with Gasteiger partial charge in [0.25, 0.3) is 0 Å². The molecule has 0 aliphatic carbocycles. The number of anilines is 1. The smallest absolute Gasteiger partial charge is 0.414 e. The highest BCUT2D eigenvalue weighted by Gasteiger charge is 2.23. The number of carbonyl (C=O) groups excluding carboxylic acids is 2. The number of ether oxygens (including phenoxy) is 2. The maximum absolute atomic E-state index is 12.6. The summed E-state index contributed by atoms with van der Waals surface area (Å²) >= 11 is 1.34. The van der Waals surface area contributed by atoms with Crippen LogP contribution in [0.25, 0.3) is 11.1 Å². The lowest BCUT2D eigenvalue weighted by Crippen LogP contribution is -2.41. The van der Waals surface area contributed by atoms with E-state index < -0.39 is 17.9 Å². The highest BCUT2D eigenvalue weighted by Crippen LogP contribution is 2.36. The number of carboxylic acid groups (broad SMARTS) is 2. The molecule has 1 saturated heterocycles. The Bertz CT molecular complexity index is 969. The number of aliphatic carboxylic acids is 2. The molecular weight excluding hydrogens is 452 g/mol. The van der Waals surface area contributed by atoms with Crippen molar-refractivity contribution in [3.05, 3.63) is 40.8 Å². The first-order valence-corrected chi connectivity index (χ1v) is 11.0. The number of hydrogen-bond acceptors (Lipinski definition) is 8. The maximum Gasteiger partial charge on any atom is 0.414 e. The van der Waals surface area contributed by atoms with Crippen molar-refractivity contribution in [1.29, 1.82) is 0 Å². The molecule has 2 heterocycles. The molecule has 178 valence electrons. The number of amides is 1. The average Bonchev–Trinajstić information content (AvgIpc) is 3.19. The molecule has 1 aromatic carbocycles. The predicted octanol–water partition coefficient (Wildman–Crippen LogP) is 2.33. The number of nitrogens with zero attached hydrogens (tertiary/aromatic N) is 1. The fourth-order valence-corrected chi connectivity index (χ4v) is 3.90. The van der Waals surface area contributed by atoms with Gasteiger partial charge in [0.2, 0.25) is 5.91 Å². The van der Waals surface area contributed by atoms with Gasteiger partial charge in [0, 0.05) is 24.0 Å². The van der Waals surface area contributed by atoms with Crippen LogP contribution >= 0.6 is 11.3 Å². The highest BCUT2D eigenvalue weighted by atomic mass is 32.1. The molecule has 3 N–H and O–H groups in total. The van der Waals surface area contributed by atoms with E-state index in [1.807, 2.05) is 41.5 Å². The van der Waals surface area contributed by atoms with Crippen LogP contribution in [0.2, 0.25) is 0 Å². The highest BCUT2D eigenvalue weighted by molar-refractivity contribution is 7.15. The topological polar surface area (TPSA) is 142 Å². The van der Waals surface area contributed by atoms with Gasteiger partial charge in [-0.05, 0) is 19.4 Å². The molecule has 1 fully saturated rings. The summed E-state index contributed by atoms with van der Waals surface area (Å²) in [6.07, 6.45) is 0. The van der Waals surface area contributed by atoms with Crippen molar-refractivity contribution in [2.24, 2.45) is 0 Å². The van der Waals surface area contributed by atoms with Crippen LogP contribution in [0.1, 0.15) is 22.8 Å². The second-order valence-electron chi connectivity index (χ2n) is 6.99. The van der Waals surface area contributed by atoms with Gasteiger partial charge in [-0.15, -0.1) is 11.3 Å². The summed E-state index contributed by atoms with van der Waals surface area (Å²) < 4.78 is 10.5. The number of hydrogen-bond donors (Lipinski definition) is 3. The third-order valence-corrected chi connectivity index (χ3v) is 5.44. The van der Waals surface area contributed by atoms with Crippen molar-refractivity contribution in [3.8, 4) is 11.1 Å². The molecule has 11 heteroatoms. The van der Waals surface area contributed by atoms with Crippen LogP contribution in [0.15, 0.2) is 29.6 Å². The summed E-state index contributed by atoms with van der Waals surface area (Å²) in [5.41, 5.74) is 3.26. The van der Waals surface area contributed by atoms with Crippen molar-refractivity contribution in [2.45, 2.75) is 13.8 Å². The number of benzene rings is 1. The monoisotopic (exact) mass is 478 g/mol. The standard InChI is InChI=1S/C20H24N2O4S.C2H2O4/c1-3-26-20(24)18-16(15-6-4-14(2)5-7-15)13-27-19(18)21-17(23)12-22-8-10-25-11-9-22;3-1(4)2(5)6/h4-7,13H,3,8-12H2,1-2H3,(H,21,23);(H,3,4)(H,5,6). The third-order valence-electron chi connectivity index (χ3n) is 4.54. The Morgan fingerprint density at radius 2 is 1.70 bits per heavy atom. The van der Waals surface area contributed by atoms with Gasteiger partial charge in [-0.1, -0.05) is 29.8 Å². The Labute approximate surface area is 194 Å². The van der Waals surface area contributed by atoms with Gasteiger partial charge in [0.1, 0.15) is 10.6 Å². The lowest BCUT2D eigenvalue weighted by molar-refractivity contribution is -0.159. The number of carbonyl (C=O) groups is 4. The molecular formula is C22H26N2O8S. The molecule has 1 aliphatic rings. The summed E-state index contributed by atoms with van der Waals surface area (Å²) in [5.74, 6) is -4.21. The first kappa shape index (κ1) is 26.0. The molecule has 1 amide bonds. The predicted molar refractivity (Wildman–Crippen MR) is 122 cm³/mol. The molecule has 10 nitrogen and oxygen atoms in total. The van der Waals surface area contributed by atoms with Crippen LogP contribution in [0, 0.1) is 6.92 Å². The molecule has 0 unspecified atom stereocenters. The Balaban J connectivity index is 0.000000569. The molecule has 2 aromatic rings. The summed E-state index contributed by atoms with van der Waals surface area (Å²) in [6, 6.07) is 7.94. The lowest BCUT2D eigenvalue weighted by Gasteiger charge is -2.25. The minimum Gasteiger partial charge on any atom is -0.473 e. The Morgan fingerprint density at radius 3 is 2.24 bits per heavy atom. The van der Waals surface area contributed by atoms with Gasteiger partial charge >= 0.3 is 17.9 Å². The number of morpholine rings is 1. The molecule has 0 atom stereocenters. The summed E-state index contributed by atoms with van der Waals surface area (Å²) in [5, 5.41) is 20.1. The quantitative estimate of drug-likeness (QED) is 0.421. The second kappa shape index (κ2) is 12.7. The van der Waals surface area contributed by atoms with Crippen molar-refractivity contribution < 1.29 is 38.9 Å². The molecule has 0 spiro atoms. The lowest BCUT2D eigenvalue weighted by atomic mass is 10.0. The molecule has 3 rings (SSSR count). The van der Waals surface area contributed by atoms with E-state index in [0.717, 1.165) is 29.8 Å². The zero-order chi connectivity index (χ0) is 24.4. The molecule has 0 bridgehead atoms. The first-order chi connectivity index (χ1) is 15.7. The molecule has 1 aliphatic heterocycles. The number of rotatable bonds is 6. The van der Waals surface area contributed by atoms with Crippen molar-refractivity contribution >= 4 is 40.2 Å². The SMILES string of the molecule is CCOC(=O)c1c(-c2ccc(C)cc2)csc1NC(=O)CN1CCOCC1.O=C(O)C(=O)O. The van der Waals surface area contributed by atoms with Crippen LogP contribution in [-0.2, 0) is 23.9 Å². The van der Waals surface area contributed by atoms with Crippen LogP contribution in [0.5, 0.6) is 0 Å². The van der Waals surface area contributed by atoms with Gasteiger partial charge in [0.15, 0.2) is 0 Å². The molecule has 1 aromatic heterocycles. The van der Waals surface area contributed by atoms with E-state index in [4.69, 9.17) is 29.3 Å². The van der Waals surface area contributed by atoms with Crippen LogP contribution in [0.4, 0.5) is 5.00 Å². The van der Waals surface area contributed by atoms with E-state index in [9.17, 15) is 9.59 Å². The zero-order valence-corrected chi connectivity index (χ0v) is 19.1. The number of carboxylic acids is 2. The number of nitrogens with one attached hydrogen (secondary N) is 1. The minimum absolute atomic E-state index is 0.139. The fraction of sp³-hybridized carbons (Fsp3) is 0.364. The van der Waals surface area contributed by atoms with E-state index in [2.05, 4.69) is 5.32 Å². The molecule has 0 saturated carbocycles. The van der Waals surface area contributed by atoms with Crippen LogP contribution in [0.3, 0.4) is 0 Å². The van der Waals surface area contributed by atoms with Gasteiger partial charge in [0.05, 0.1) is 26.4 Å².